The number of methoxy groups -OCH3 is 2. The van der Waals surface area contributed by atoms with E-state index in [-0.39, 0.29) is 0 Å². The summed E-state index contributed by atoms with van der Waals surface area (Å²) in [6.45, 7) is 3.39. The van der Waals surface area contributed by atoms with Crippen LogP contribution in [0.25, 0.3) is 0 Å². The molecule has 0 aromatic heterocycles. The molecule has 0 unspecified atom stereocenters. The second-order valence-corrected chi connectivity index (χ2v) is 4.54. The molecule has 4 heteroatoms. The molecule has 94 valence electrons. The zero-order valence-electron chi connectivity index (χ0n) is 10.6. The van der Waals surface area contributed by atoms with Crippen LogP contribution in [0.1, 0.15) is 19.4 Å². The van der Waals surface area contributed by atoms with Gasteiger partial charge in [0, 0.05) is 6.07 Å². The van der Waals surface area contributed by atoms with Crippen LogP contribution in [0.15, 0.2) is 18.2 Å². The van der Waals surface area contributed by atoms with E-state index >= 15 is 0 Å². The van der Waals surface area contributed by atoms with E-state index in [1.807, 2.05) is 6.07 Å². The summed E-state index contributed by atoms with van der Waals surface area (Å²) < 4.78 is 10.3. The molecule has 17 heavy (non-hydrogen) atoms. The molecule has 1 aromatic rings. The minimum absolute atomic E-state index is 0.412. The van der Waals surface area contributed by atoms with Crippen molar-refractivity contribution < 1.29 is 19.4 Å². The fraction of sp³-hybridized carbons (Fsp3) is 0.462. The number of ether oxygens (including phenoxy) is 2. The van der Waals surface area contributed by atoms with Crippen LogP contribution in [0.5, 0.6) is 11.5 Å². The van der Waals surface area contributed by atoms with Crippen molar-refractivity contribution in [3.8, 4) is 11.5 Å². The largest absolute Gasteiger partial charge is 0.497 e. The van der Waals surface area contributed by atoms with Gasteiger partial charge in [-0.25, -0.2) is 0 Å². The van der Waals surface area contributed by atoms with Gasteiger partial charge in [0.1, 0.15) is 11.5 Å². The number of rotatable bonds is 5. The summed E-state index contributed by atoms with van der Waals surface area (Å²) >= 11 is 0. The number of hydrogen-bond acceptors (Lipinski definition) is 3. The molecule has 0 saturated carbocycles. The van der Waals surface area contributed by atoms with Crippen LogP contribution in [-0.4, -0.2) is 25.3 Å². The molecular weight excluding hydrogens is 220 g/mol. The van der Waals surface area contributed by atoms with Gasteiger partial charge in [-0.15, -0.1) is 0 Å². The summed E-state index contributed by atoms with van der Waals surface area (Å²) in [5, 5.41) is 9.10. The van der Waals surface area contributed by atoms with Crippen molar-refractivity contribution >= 4 is 5.97 Å². The number of aliphatic carboxylic acids is 1. The molecule has 4 nitrogen and oxygen atoms in total. The molecule has 0 bridgehead atoms. The van der Waals surface area contributed by atoms with Crippen molar-refractivity contribution in [3.63, 3.8) is 0 Å². The summed E-state index contributed by atoms with van der Waals surface area (Å²) in [7, 11) is 3.14. The van der Waals surface area contributed by atoms with E-state index in [0.29, 0.717) is 17.9 Å². The molecule has 0 spiro atoms. The molecule has 1 aromatic carbocycles. The van der Waals surface area contributed by atoms with Crippen LogP contribution in [0.4, 0.5) is 0 Å². The Morgan fingerprint density at radius 3 is 2.41 bits per heavy atom. The van der Waals surface area contributed by atoms with Gasteiger partial charge in [0.05, 0.1) is 19.6 Å². The van der Waals surface area contributed by atoms with E-state index in [9.17, 15) is 4.79 Å². The Hall–Kier alpha value is -1.71. The number of benzene rings is 1. The molecule has 0 radical (unpaired) electrons. The molecule has 0 fully saturated rings. The number of hydrogen-bond donors (Lipinski definition) is 1. The van der Waals surface area contributed by atoms with Gasteiger partial charge >= 0.3 is 5.97 Å². The van der Waals surface area contributed by atoms with Crippen molar-refractivity contribution in [2.24, 2.45) is 5.41 Å². The molecular formula is C13H18O4. The minimum atomic E-state index is -0.824. The molecule has 0 aliphatic carbocycles. The fourth-order valence-corrected chi connectivity index (χ4v) is 1.55. The maximum absolute atomic E-state index is 11.1. The van der Waals surface area contributed by atoms with Crippen LogP contribution in [-0.2, 0) is 11.2 Å². The second-order valence-electron chi connectivity index (χ2n) is 4.54. The van der Waals surface area contributed by atoms with Crippen LogP contribution >= 0.6 is 0 Å². The molecule has 0 saturated heterocycles. The number of carbonyl (C=O) groups is 1. The molecule has 0 aliphatic rings. The van der Waals surface area contributed by atoms with Crippen molar-refractivity contribution in [2.45, 2.75) is 20.3 Å². The highest BCUT2D eigenvalue weighted by Gasteiger charge is 2.28. The Morgan fingerprint density at radius 1 is 1.29 bits per heavy atom. The lowest BCUT2D eigenvalue weighted by atomic mass is 9.85. The van der Waals surface area contributed by atoms with Crippen LogP contribution in [0.2, 0.25) is 0 Å². The summed E-state index contributed by atoms with van der Waals surface area (Å²) in [4.78, 5) is 11.1. The van der Waals surface area contributed by atoms with Gasteiger partial charge in [-0.1, -0.05) is 6.07 Å². The first-order valence-corrected chi connectivity index (χ1v) is 5.35. The SMILES string of the molecule is COc1ccc(CC(C)(C)C(=O)O)c(OC)c1. The van der Waals surface area contributed by atoms with E-state index in [2.05, 4.69) is 0 Å². The first-order chi connectivity index (χ1) is 7.90. The smallest absolute Gasteiger partial charge is 0.309 e. The highest BCUT2D eigenvalue weighted by molar-refractivity contribution is 5.74. The molecule has 0 heterocycles. The summed E-state index contributed by atoms with van der Waals surface area (Å²) in [5.74, 6) is 0.521. The quantitative estimate of drug-likeness (QED) is 0.855. The Kier molecular flexibility index (Phi) is 3.99. The number of carboxylic acids is 1. The highest BCUT2D eigenvalue weighted by atomic mass is 16.5. The molecule has 1 N–H and O–H groups in total. The predicted octanol–water partition coefficient (Wildman–Crippen LogP) is 2.36. The first kappa shape index (κ1) is 13.4. The van der Waals surface area contributed by atoms with Crippen molar-refractivity contribution in [3.05, 3.63) is 23.8 Å². The lowest BCUT2D eigenvalue weighted by Gasteiger charge is -2.20. The molecule has 0 amide bonds. The van der Waals surface area contributed by atoms with E-state index in [4.69, 9.17) is 14.6 Å². The third-order valence-electron chi connectivity index (χ3n) is 2.71. The zero-order chi connectivity index (χ0) is 13.1. The average molecular weight is 238 g/mol. The van der Waals surface area contributed by atoms with E-state index in [1.165, 1.54) is 0 Å². The molecule has 0 atom stereocenters. The van der Waals surface area contributed by atoms with Crippen molar-refractivity contribution in [1.29, 1.82) is 0 Å². The highest BCUT2D eigenvalue weighted by Crippen LogP contribution is 2.30. The monoisotopic (exact) mass is 238 g/mol. The molecule has 0 aliphatic heterocycles. The van der Waals surface area contributed by atoms with Crippen molar-refractivity contribution in [1.82, 2.24) is 0 Å². The van der Waals surface area contributed by atoms with Gasteiger partial charge in [-0.3, -0.25) is 4.79 Å². The van der Waals surface area contributed by atoms with Gasteiger partial charge in [0.2, 0.25) is 0 Å². The standard InChI is InChI=1S/C13H18O4/c1-13(2,12(14)15)8-9-5-6-10(16-3)7-11(9)17-4/h5-7H,8H2,1-4H3,(H,14,15). The minimum Gasteiger partial charge on any atom is -0.497 e. The Labute approximate surface area is 101 Å². The maximum atomic E-state index is 11.1. The summed E-state index contributed by atoms with van der Waals surface area (Å²) in [6, 6.07) is 5.39. The summed E-state index contributed by atoms with van der Waals surface area (Å²) in [6.07, 6.45) is 0.412. The van der Waals surface area contributed by atoms with Crippen LogP contribution < -0.4 is 9.47 Å². The second kappa shape index (κ2) is 5.08. The van der Waals surface area contributed by atoms with Gasteiger partial charge in [-0.05, 0) is 31.9 Å². The Balaban J connectivity index is 3.02. The van der Waals surface area contributed by atoms with Crippen LogP contribution in [0, 0.1) is 5.41 Å². The third-order valence-corrected chi connectivity index (χ3v) is 2.71. The Morgan fingerprint density at radius 2 is 1.94 bits per heavy atom. The normalized spacial score (nSPS) is 11.1. The molecule has 1 rings (SSSR count). The van der Waals surface area contributed by atoms with Gasteiger partial charge < -0.3 is 14.6 Å². The predicted molar refractivity (Wildman–Crippen MR) is 64.7 cm³/mol. The van der Waals surface area contributed by atoms with Gasteiger partial charge in [0.25, 0.3) is 0 Å². The maximum Gasteiger partial charge on any atom is 0.309 e. The average Bonchev–Trinajstić information content (AvgIpc) is 2.29. The van der Waals surface area contributed by atoms with E-state index in [1.54, 1.807) is 40.2 Å². The summed E-state index contributed by atoms with van der Waals surface area (Å²) in [5.41, 5.74) is 0.0442. The lowest BCUT2D eigenvalue weighted by molar-refractivity contribution is -0.146. The topological polar surface area (TPSA) is 55.8 Å². The lowest BCUT2D eigenvalue weighted by Crippen LogP contribution is -2.26. The first-order valence-electron chi connectivity index (χ1n) is 5.35. The fourth-order valence-electron chi connectivity index (χ4n) is 1.55. The zero-order valence-corrected chi connectivity index (χ0v) is 10.6. The van der Waals surface area contributed by atoms with E-state index < -0.39 is 11.4 Å². The van der Waals surface area contributed by atoms with Gasteiger partial charge in [0.15, 0.2) is 0 Å². The Bertz CT molecular complexity index is 410. The van der Waals surface area contributed by atoms with Gasteiger partial charge in [-0.2, -0.15) is 0 Å². The van der Waals surface area contributed by atoms with E-state index in [0.717, 1.165) is 5.56 Å². The van der Waals surface area contributed by atoms with Crippen LogP contribution in [0.3, 0.4) is 0 Å². The number of carboxylic acid groups (broad SMARTS) is 1. The van der Waals surface area contributed by atoms with Crippen molar-refractivity contribution in [2.75, 3.05) is 14.2 Å². The third kappa shape index (κ3) is 3.12.